The van der Waals surface area contributed by atoms with Gasteiger partial charge in [-0.1, -0.05) is 37.1 Å². The van der Waals surface area contributed by atoms with Gasteiger partial charge in [0.05, 0.1) is 12.1 Å². The number of amides is 2. The summed E-state index contributed by atoms with van der Waals surface area (Å²) in [5.41, 5.74) is 2.42. The molecule has 5 rings (SSSR count). The molecule has 1 aliphatic heterocycles. The Labute approximate surface area is 186 Å². The number of rotatable bonds is 5. The van der Waals surface area contributed by atoms with Crippen molar-refractivity contribution >= 4 is 51.4 Å². The zero-order valence-electron chi connectivity index (χ0n) is 17.1. The fourth-order valence-electron chi connectivity index (χ4n) is 4.72. The number of nitrogens with one attached hydrogen (secondary N) is 2. The number of para-hydroxylation sites is 1. The minimum atomic E-state index is -0.579. The average Bonchev–Trinajstić information content (AvgIpc) is 3.49. The highest BCUT2D eigenvalue weighted by Crippen LogP contribution is 2.34. The number of carbonyl (C=O) groups is 2. The Morgan fingerprint density at radius 2 is 1.87 bits per heavy atom. The van der Waals surface area contributed by atoms with Crippen LogP contribution < -0.4 is 10.2 Å². The average molecular weight is 433 g/mol. The molecule has 1 saturated carbocycles. The lowest BCUT2D eigenvalue weighted by atomic mass is 10.1. The zero-order chi connectivity index (χ0) is 21.4. The van der Waals surface area contributed by atoms with Crippen molar-refractivity contribution in [3.8, 4) is 0 Å². The molecule has 2 amide bonds. The lowest BCUT2D eigenvalue weighted by molar-refractivity contribution is -0.124. The van der Waals surface area contributed by atoms with E-state index in [1.165, 1.54) is 0 Å². The van der Waals surface area contributed by atoms with E-state index in [-0.39, 0.29) is 24.3 Å². The van der Waals surface area contributed by atoms with E-state index in [9.17, 15) is 9.59 Å². The minimum Gasteiger partial charge on any atom is -0.361 e. The number of carbonyl (C=O) groups excluding carboxylic acids is 2. The normalized spacial score (nSPS) is 19.5. The van der Waals surface area contributed by atoms with Crippen molar-refractivity contribution in [2.24, 2.45) is 0 Å². The molecule has 2 aromatic carbocycles. The predicted molar refractivity (Wildman–Crippen MR) is 126 cm³/mol. The van der Waals surface area contributed by atoms with Gasteiger partial charge in [0.25, 0.3) is 5.91 Å². The Balaban J connectivity index is 1.38. The van der Waals surface area contributed by atoms with Crippen LogP contribution in [0.5, 0.6) is 0 Å². The van der Waals surface area contributed by atoms with Crippen molar-refractivity contribution < 1.29 is 9.59 Å². The molecule has 6 nitrogen and oxygen atoms in total. The summed E-state index contributed by atoms with van der Waals surface area (Å²) in [5, 5.41) is 4.54. The fourth-order valence-corrected chi connectivity index (χ4v) is 5.19. The van der Waals surface area contributed by atoms with E-state index < -0.39 is 6.04 Å². The van der Waals surface area contributed by atoms with Gasteiger partial charge in [-0.05, 0) is 60.8 Å². The topological polar surface area (TPSA) is 68.4 Å². The molecule has 2 heterocycles. The molecule has 0 spiro atoms. The first-order chi connectivity index (χ1) is 15.1. The summed E-state index contributed by atoms with van der Waals surface area (Å²) in [4.78, 5) is 33.1. The quantitative estimate of drug-likeness (QED) is 0.585. The molecule has 1 unspecified atom stereocenters. The standard InChI is InChI=1S/C24H24N4O2S/c29-22(26-17-11-10-16-12-13-25-20(16)14-17)15-21-23(30)28(19-6-2-1-3-7-19)24(31)27(21)18-8-4-5-9-18/h1-3,6-7,10-14,18,21,25H,4-5,8-9,15H2,(H,26,29). The first kappa shape index (κ1) is 19.8. The van der Waals surface area contributed by atoms with E-state index in [1.807, 2.05) is 65.7 Å². The van der Waals surface area contributed by atoms with E-state index in [2.05, 4.69) is 10.3 Å². The van der Waals surface area contributed by atoms with Crippen LogP contribution in [0.1, 0.15) is 32.1 Å². The van der Waals surface area contributed by atoms with Crippen molar-refractivity contribution in [2.45, 2.75) is 44.2 Å². The van der Waals surface area contributed by atoms with E-state index in [0.717, 1.165) is 42.3 Å². The summed E-state index contributed by atoms with van der Waals surface area (Å²) in [6.45, 7) is 0. The molecule has 1 aliphatic carbocycles. The van der Waals surface area contributed by atoms with Crippen molar-refractivity contribution in [3.05, 3.63) is 60.8 Å². The molecule has 1 aromatic heterocycles. The lowest BCUT2D eigenvalue weighted by Crippen LogP contribution is -2.43. The molecule has 2 N–H and O–H groups in total. The summed E-state index contributed by atoms with van der Waals surface area (Å²) >= 11 is 5.76. The molecule has 3 aromatic rings. The van der Waals surface area contributed by atoms with Crippen LogP contribution in [-0.4, -0.2) is 38.9 Å². The summed E-state index contributed by atoms with van der Waals surface area (Å²) in [6.07, 6.45) is 6.18. The molecule has 0 radical (unpaired) electrons. The molecule has 158 valence electrons. The maximum Gasteiger partial charge on any atom is 0.256 e. The van der Waals surface area contributed by atoms with Crippen LogP contribution in [0.25, 0.3) is 10.9 Å². The second-order valence-corrected chi connectivity index (χ2v) is 8.55. The summed E-state index contributed by atoms with van der Waals surface area (Å²) < 4.78 is 0. The maximum absolute atomic E-state index is 13.4. The Kier molecular flexibility index (Phi) is 5.19. The van der Waals surface area contributed by atoms with Gasteiger partial charge in [-0.25, -0.2) is 0 Å². The molecule has 31 heavy (non-hydrogen) atoms. The monoisotopic (exact) mass is 432 g/mol. The van der Waals surface area contributed by atoms with Gasteiger partial charge in [-0.2, -0.15) is 0 Å². The van der Waals surface area contributed by atoms with Crippen molar-refractivity contribution in [1.82, 2.24) is 9.88 Å². The van der Waals surface area contributed by atoms with Gasteiger partial charge in [-0.3, -0.25) is 14.5 Å². The van der Waals surface area contributed by atoms with Crippen LogP contribution >= 0.6 is 12.2 Å². The van der Waals surface area contributed by atoms with Crippen molar-refractivity contribution in [2.75, 3.05) is 10.2 Å². The first-order valence-corrected chi connectivity index (χ1v) is 11.1. The Hall–Kier alpha value is -3.19. The molecule has 1 atom stereocenters. The molecule has 1 saturated heterocycles. The highest BCUT2D eigenvalue weighted by molar-refractivity contribution is 7.80. The van der Waals surface area contributed by atoms with Crippen LogP contribution in [0, 0.1) is 0 Å². The molecular weight excluding hydrogens is 408 g/mol. The third-order valence-electron chi connectivity index (χ3n) is 6.20. The third kappa shape index (κ3) is 3.70. The van der Waals surface area contributed by atoms with E-state index in [0.29, 0.717) is 10.8 Å². The highest BCUT2D eigenvalue weighted by atomic mass is 32.1. The van der Waals surface area contributed by atoms with Gasteiger partial charge >= 0.3 is 0 Å². The Bertz CT molecular complexity index is 1140. The fraction of sp³-hybridized carbons (Fsp3) is 0.292. The molecule has 2 aliphatic rings. The van der Waals surface area contributed by atoms with Crippen LogP contribution in [-0.2, 0) is 9.59 Å². The van der Waals surface area contributed by atoms with E-state index in [1.54, 1.807) is 4.90 Å². The number of thiocarbonyl (C=S) groups is 1. The van der Waals surface area contributed by atoms with Crippen LogP contribution in [0.4, 0.5) is 11.4 Å². The summed E-state index contributed by atoms with van der Waals surface area (Å²) in [5.74, 6) is -0.317. The number of hydrogen-bond donors (Lipinski definition) is 2. The predicted octanol–water partition coefficient (Wildman–Crippen LogP) is 4.44. The van der Waals surface area contributed by atoms with Crippen LogP contribution in [0.15, 0.2) is 60.8 Å². The van der Waals surface area contributed by atoms with Crippen LogP contribution in [0.3, 0.4) is 0 Å². The summed E-state index contributed by atoms with van der Waals surface area (Å²) in [7, 11) is 0. The van der Waals surface area contributed by atoms with Crippen LogP contribution in [0.2, 0.25) is 0 Å². The van der Waals surface area contributed by atoms with Gasteiger partial charge in [0.2, 0.25) is 5.91 Å². The molecule has 2 fully saturated rings. The first-order valence-electron chi connectivity index (χ1n) is 10.7. The molecular formula is C24H24N4O2S. The number of hydrogen-bond acceptors (Lipinski definition) is 3. The second-order valence-electron chi connectivity index (χ2n) is 8.19. The van der Waals surface area contributed by atoms with Crippen molar-refractivity contribution in [3.63, 3.8) is 0 Å². The largest absolute Gasteiger partial charge is 0.361 e. The van der Waals surface area contributed by atoms with Gasteiger partial charge in [0, 0.05) is 23.4 Å². The van der Waals surface area contributed by atoms with Gasteiger partial charge in [0.1, 0.15) is 6.04 Å². The second kappa shape index (κ2) is 8.15. The SMILES string of the molecule is O=C(CC1C(=O)N(c2ccccc2)C(=S)N1C1CCCC1)Nc1ccc2cc[nH]c2c1. The minimum absolute atomic E-state index is 0.0710. The third-order valence-corrected chi connectivity index (χ3v) is 6.60. The molecule has 7 heteroatoms. The number of benzene rings is 2. The van der Waals surface area contributed by atoms with Gasteiger partial charge in [0.15, 0.2) is 5.11 Å². The van der Waals surface area contributed by atoms with Gasteiger partial charge < -0.3 is 15.2 Å². The van der Waals surface area contributed by atoms with E-state index >= 15 is 0 Å². The number of fused-ring (bicyclic) bond motifs is 1. The zero-order valence-corrected chi connectivity index (χ0v) is 17.9. The Morgan fingerprint density at radius 3 is 2.65 bits per heavy atom. The number of nitrogens with zero attached hydrogens (tertiary/aromatic N) is 2. The van der Waals surface area contributed by atoms with E-state index in [4.69, 9.17) is 12.2 Å². The van der Waals surface area contributed by atoms with Crippen molar-refractivity contribution in [1.29, 1.82) is 0 Å². The number of aromatic amines is 1. The van der Waals surface area contributed by atoms with Gasteiger partial charge in [-0.15, -0.1) is 0 Å². The smallest absolute Gasteiger partial charge is 0.256 e. The highest BCUT2D eigenvalue weighted by Gasteiger charge is 2.47. The molecule has 0 bridgehead atoms. The number of H-pyrrole nitrogens is 1. The number of anilines is 2. The lowest BCUT2D eigenvalue weighted by Gasteiger charge is -2.30. The summed E-state index contributed by atoms with van der Waals surface area (Å²) in [6, 6.07) is 16.8. The maximum atomic E-state index is 13.4. The Morgan fingerprint density at radius 1 is 1.10 bits per heavy atom. The number of aromatic nitrogens is 1.